The van der Waals surface area contributed by atoms with Crippen LogP contribution in [-0.4, -0.2) is 20.4 Å². The fourth-order valence-corrected chi connectivity index (χ4v) is 4.06. The predicted octanol–water partition coefficient (Wildman–Crippen LogP) is 5.34. The molecular weight excluding hydrogens is 450 g/mol. The Kier molecular flexibility index (Phi) is 6.10. The van der Waals surface area contributed by atoms with Gasteiger partial charge >= 0.3 is 0 Å². The number of para-hydroxylation sites is 2. The molecular formula is C27H22F2N4O2. The molecule has 0 aliphatic carbocycles. The maximum absolute atomic E-state index is 14.0. The highest BCUT2D eigenvalue weighted by Crippen LogP contribution is 2.26. The van der Waals surface area contributed by atoms with Gasteiger partial charge in [-0.1, -0.05) is 42.5 Å². The fraction of sp³-hybridized carbons (Fsp3) is 0.148. The Labute approximate surface area is 200 Å². The van der Waals surface area contributed by atoms with Crippen molar-refractivity contribution in [2.75, 3.05) is 0 Å². The number of halogens is 2. The lowest BCUT2D eigenvalue weighted by Gasteiger charge is -2.19. The Hall–Kier alpha value is -4.33. The number of nitrogens with one attached hydrogen (secondary N) is 1. The first-order valence-corrected chi connectivity index (χ1v) is 11.2. The molecule has 5 rings (SSSR count). The molecule has 0 saturated heterocycles. The van der Waals surface area contributed by atoms with E-state index in [9.17, 15) is 13.6 Å². The van der Waals surface area contributed by atoms with Gasteiger partial charge in [0.15, 0.2) is 11.7 Å². The number of nitrogens with zero attached hydrogens (tertiary/aromatic N) is 3. The van der Waals surface area contributed by atoms with Crippen molar-refractivity contribution in [3.05, 3.63) is 108 Å². The number of rotatable bonds is 7. The van der Waals surface area contributed by atoms with Crippen LogP contribution in [0.4, 0.5) is 8.78 Å². The SMILES string of the molecule is Cn1c(C(NC(=O)CCc2ncc(-c3ccc(F)cc3F)o2)c2ccccc2)nc2ccccc21. The Morgan fingerprint density at radius 3 is 2.60 bits per heavy atom. The summed E-state index contributed by atoms with van der Waals surface area (Å²) in [4.78, 5) is 21.9. The van der Waals surface area contributed by atoms with Crippen molar-refractivity contribution >= 4 is 16.9 Å². The molecule has 0 aliphatic heterocycles. The van der Waals surface area contributed by atoms with Crippen LogP contribution in [0, 0.1) is 11.6 Å². The van der Waals surface area contributed by atoms with Gasteiger partial charge in [-0.05, 0) is 29.8 Å². The monoisotopic (exact) mass is 472 g/mol. The third-order valence-corrected chi connectivity index (χ3v) is 5.83. The maximum atomic E-state index is 14.0. The summed E-state index contributed by atoms with van der Waals surface area (Å²) < 4.78 is 34.8. The van der Waals surface area contributed by atoms with Gasteiger partial charge in [-0.15, -0.1) is 0 Å². The molecule has 35 heavy (non-hydrogen) atoms. The number of fused-ring (bicyclic) bond motifs is 1. The van der Waals surface area contributed by atoms with Gasteiger partial charge in [0.05, 0.1) is 22.8 Å². The predicted molar refractivity (Wildman–Crippen MR) is 127 cm³/mol. The molecule has 6 nitrogen and oxygen atoms in total. The van der Waals surface area contributed by atoms with Gasteiger partial charge in [-0.2, -0.15) is 0 Å². The molecule has 0 aliphatic rings. The van der Waals surface area contributed by atoms with Crippen LogP contribution in [-0.2, 0) is 18.3 Å². The minimum absolute atomic E-state index is 0.110. The number of aromatic nitrogens is 3. The van der Waals surface area contributed by atoms with E-state index >= 15 is 0 Å². The lowest BCUT2D eigenvalue weighted by atomic mass is 10.1. The molecule has 1 unspecified atom stereocenters. The molecule has 176 valence electrons. The lowest BCUT2D eigenvalue weighted by Crippen LogP contribution is -2.31. The van der Waals surface area contributed by atoms with Crippen molar-refractivity contribution in [1.29, 1.82) is 0 Å². The number of aryl methyl sites for hydroxylation is 2. The summed E-state index contributed by atoms with van der Waals surface area (Å²) in [7, 11) is 1.93. The fourth-order valence-electron chi connectivity index (χ4n) is 4.06. The third kappa shape index (κ3) is 4.68. The van der Waals surface area contributed by atoms with Crippen molar-refractivity contribution in [2.45, 2.75) is 18.9 Å². The van der Waals surface area contributed by atoms with Crippen LogP contribution in [0.15, 0.2) is 83.4 Å². The maximum Gasteiger partial charge on any atom is 0.221 e. The highest BCUT2D eigenvalue weighted by Gasteiger charge is 2.23. The van der Waals surface area contributed by atoms with Crippen molar-refractivity contribution in [2.24, 2.45) is 7.05 Å². The van der Waals surface area contributed by atoms with Gasteiger partial charge in [-0.3, -0.25) is 4.79 Å². The van der Waals surface area contributed by atoms with Gasteiger partial charge in [0.1, 0.15) is 23.5 Å². The van der Waals surface area contributed by atoms with E-state index in [0.29, 0.717) is 0 Å². The van der Waals surface area contributed by atoms with Gasteiger partial charge in [0.2, 0.25) is 5.91 Å². The Morgan fingerprint density at radius 2 is 1.83 bits per heavy atom. The van der Waals surface area contributed by atoms with E-state index in [1.807, 2.05) is 66.2 Å². The molecule has 2 aromatic heterocycles. The number of benzene rings is 3. The van der Waals surface area contributed by atoms with E-state index in [4.69, 9.17) is 9.40 Å². The quantitative estimate of drug-likeness (QED) is 0.347. The van der Waals surface area contributed by atoms with Crippen molar-refractivity contribution < 1.29 is 18.0 Å². The number of amides is 1. The lowest BCUT2D eigenvalue weighted by molar-refractivity contribution is -0.121. The van der Waals surface area contributed by atoms with Crippen molar-refractivity contribution in [3.8, 4) is 11.3 Å². The Balaban J connectivity index is 1.33. The normalized spacial score (nSPS) is 12.1. The topological polar surface area (TPSA) is 73.0 Å². The van der Waals surface area contributed by atoms with E-state index in [-0.39, 0.29) is 36.0 Å². The number of carbonyl (C=O) groups excluding carboxylic acids is 1. The minimum atomic E-state index is -0.737. The average Bonchev–Trinajstić information content (AvgIpc) is 3.46. The largest absolute Gasteiger partial charge is 0.441 e. The highest BCUT2D eigenvalue weighted by molar-refractivity contribution is 5.78. The summed E-state index contributed by atoms with van der Waals surface area (Å²) in [5.74, 6) is -0.429. The average molecular weight is 472 g/mol. The summed E-state index contributed by atoms with van der Waals surface area (Å²) >= 11 is 0. The second-order valence-corrected chi connectivity index (χ2v) is 8.17. The second-order valence-electron chi connectivity index (χ2n) is 8.17. The van der Waals surface area contributed by atoms with Gasteiger partial charge in [0, 0.05) is 26.0 Å². The summed E-state index contributed by atoms with van der Waals surface area (Å²) in [5.41, 5.74) is 2.84. The van der Waals surface area contributed by atoms with Crippen molar-refractivity contribution in [1.82, 2.24) is 19.9 Å². The number of imidazole rings is 1. The number of hydrogen-bond donors (Lipinski definition) is 1. The molecule has 0 fully saturated rings. The first-order chi connectivity index (χ1) is 17.0. The van der Waals surface area contributed by atoms with Crippen LogP contribution in [0.3, 0.4) is 0 Å². The zero-order chi connectivity index (χ0) is 24.4. The third-order valence-electron chi connectivity index (χ3n) is 5.83. The molecule has 0 bridgehead atoms. The molecule has 1 N–H and O–H groups in total. The van der Waals surface area contributed by atoms with Crippen LogP contribution in [0.2, 0.25) is 0 Å². The summed E-state index contributed by atoms with van der Waals surface area (Å²) in [5, 5.41) is 3.08. The zero-order valence-electron chi connectivity index (χ0n) is 18.9. The molecule has 0 spiro atoms. The van der Waals surface area contributed by atoms with Gasteiger partial charge in [0.25, 0.3) is 0 Å². The zero-order valence-corrected chi connectivity index (χ0v) is 18.9. The molecule has 2 heterocycles. The van der Waals surface area contributed by atoms with E-state index in [1.54, 1.807) is 0 Å². The Bertz CT molecular complexity index is 1490. The van der Waals surface area contributed by atoms with Crippen molar-refractivity contribution in [3.63, 3.8) is 0 Å². The summed E-state index contributed by atoms with van der Waals surface area (Å²) in [6, 6.07) is 20.2. The number of carbonyl (C=O) groups is 1. The first-order valence-electron chi connectivity index (χ1n) is 11.2. The first kappa shape index (κ1) is 22.5. The van der Waals surface area contributed by atoms with E-state index in [1.165, 1.54) is 12.3 Å². The molecule has 0 radical (unpaired) electrons. The Morgan fingerprint density at radius 1 is 1.06 bits per heavy atom. The molecule has 1 amide bonds. The number of oxazole rings is 1. The van der Waals surface area contributed by atoms with E-state index in [2.05, 4.69) is 10.3 Å². The van der Waals surface area contributed by atoms with Crippen LogP contribution in [0.25, 0.3) is 22.4 Å². The van der Waals surface area contributed by atoms with Crippen LogP contribution < -0.4 is 5.32 Å². The molecule has 5 aromatic rings. The van der Waals surface area contributed by atoms with Crippen LogP contribution in [0.5, 0.6) is 0 Å². The van der Waals surface area contributed by atoms with Crippen LogP contribution in [0.1, 0.15) is 29.7 Å². The van der Waals surface area contributed by atoms with Gasteiger partial charge in [-0.25, -0.2) is 18.7 Å². The standard InChI is InChI=1S/C27H22F2N4O2/c1-33-22-10-6-5-9-21(22)31-27(33)26(17-7-3-2-4-8-17)32-24(34)13-14-25-30-16-23(35-25)19-12-11-18(28)15-20(19)29/h2-12,15-16,26H,13-14H2,1H3,(H,32,34). The summed E-state index contributed by atoms with van der Waals surface area (Å²) in [6.07, 6.45) is 1.70. The second kappa shape index (κ2) is 9.50. The highest BCUT2D eigenvalue weighted by atomic mass is 19.1. The molecule has 3 aromatic carbocycles. The molecule has 1 atom stereocenters. The van der Waals surface area contributed by atoms with E-state index < -0.39 is 17.7 Å². The van der Waals surface area contributed by atoms with Gasteiger partial charge < -0.3 is 14.3 Å². The van der Waals surface area contributed by atoms with E-state index in [0.717, 1.165) is 34.6 Å². The molecule has 0 saturated carbocycles. The van der Waals surface area contributed by atoms with Crippen LogP contribution >= 0.6 is 0 Å². The minimum Gasteiger partial charge on any atom is -0.441 e. The number of hydrogen-bond acceptors (Lipinski definition) is 4. The molecule has 8 heteroatoms. The summed E-state index contributed by atoms with van der Waals surface area (Å²) in [6.45, 7) is 0. The smallest absolute Gasteiger partial charge is 0.221 e.